The van der Waals surface area contributed by atoms with Crippen LogP contribution in [0.4, 0.5) is 5.69 Å². The Balaban J connectivity index is 0.00000198. The fourth-order valence-electron chi connectivity index (χ4n) is 8.38. The van der Waals surface area contributed by atoms with Crippen LogP contribution in [0.2, 0.25) is 0 Å². The van der Waals surface area contributed by atoms with Gasteiger partial charge in [0.1, 0.15) is 12.1 Å². The molecule has 2 N–H and O–H groups in total. The van der Waals surface area contributed by atoms with Gasteiger partial charge in [-0.3, -0.25) is 24.4 Å². The number of pyridine rings is 1. The number of thiazole rings is 1. The van der Waals surface area contributed by atoms with Crippen molar-refractivity contribution in [2.24, 2.45) is 17.3 Å². The van der Waals surface area contributed by atoms with Crippen molar-refractivity contribution in [3.63, 3.8) is 0 Å². The van der Waals surface area contributed by atoms with Crippen molar-refractivity contribution in [1.29, 1.82) is 0 Å². The maximum Gasteiger partial charge on any atom is 0.324 e. The Labute approximate surface area is 385 Å². The third-order valence-electron chi connectivity index (χ3n) is 11.8. The monoisotopic (exact) mass is 918 g/mol. The number of aromatic nitrogens is 3. The summed E-state index contributed by atoms with van der Waals surface area (Å²) in [5, 5.41) is 8.43. The minimum absolute atomic E-state index is 0. The number of carbonyl (C=O) groups excluding carboxylic acids is 3. The van der Waals surface area contributed by atoms with E-state index in [9.17, 15) is 14.4 Å². The number of methoxy groups -OCH3 is 1. The van der Waals surface area contributed by atoms with Gasteiger partial charge in [0.15, 0.2) is 0 Å². The fourth-order valence-corrected chi connectivity index (χ4v) is 9.23. The van der Waals surface area contributed by atoms with E-state index in [1.165, 1.54) is 16.3 Å². The highest BCUT2D eigenvalue weighted by Crippen LogP contribution is 2.41. The Morgan fingerprint density at radius 3 is 2.52 bits per heavy atom. The van der Waals surface area contributed by atoms with E-state index in [0.717, 1.165) is 82.3 Å². The second kappa shape index (κ2) is 20.9. The van der Waals surface area contributed by atoms with Gasteiger partial charge in [0.25, 0.3) is 5.91 Å². The summed E-state index contributed by atoms with van der Waals surface area (Å²) >= 11 is 1.49. The standard InChI is InChI=1S/C42H54N8O5S.4H2S/c1-26-17-30(26)39(51)45-34-20-37-44-35(24-56-37)27-8-9-36-31(19-27)32(21-42(2,3)25-55-41(53)33-7-6-10-50(46-33)40(34)52)38(49(36)15-16-54-5)28-18-29(23-43-22-28)48-13-11-47(4)12-14-48;;;;/h8-9,18-19,22-24,26,30,33-34,46H,6-7,10-17,20-21,25H2,1-5H3,(H,45,51);4*1H2/t26-,30-,33-,34-;;;;/m0..../s1. The Bertz CT molecular complexity index is 2120. The lowest BCUT2D eigenvalue weighted by molar-refractivity contribution is -0.155. The molecule has 3 aliphatic heterocycles. The van der Waals surface area contributed by atoms with Gasteiger partial charge in [0.05, 0.1) is 41.5 Å². The molecule has 4 aromatic rings. The molecular formula is C42H62N8O5S5. The molecule has 1 saturated carbocycles. The first-order chi connectivity index (χ1) is 27.0. The summed E-state index contributed by atoms with van der Waals surface area (Å²) in [6.07, 6.45) is 6.80. The van der Waals surface area contributed by atoms with Crippen molar-refractivity contribution in [3.8, 4) is 22.5 Å². The summed E-state index contributed by atoms with van der Waals surface area (Å²) in [6, 6.07) is 7.26. The van der Waals surface area contributed by atoms with Crippen molar-refractivity contribution < 1.29 is 23.9 Å². The van der Waals surface area contributed by atoms with Gasteiger partial charge >= 0.3 is 5.97 Å². The molecule has 2 amide bonds. The lowest BCUT2D eigenvalue weighted by Crippen LogP contribution is -2.60. The number of cyclic esters (lactones) is 1. The number of hydrazine groups is 1. The molecule has 1 aliphatic carbocycles. The first kappa shape index (κ1) is 49.7. The van der Waals surface area contributed by atoms with Crippen LogP contribution >= 0.6 is 65.3 Å². The number of ether oxygens (including phenoxy) is 2. The molecule has 8 rings (SSSR count). The highest BCUT2D eigenvalue weighted by Gasteiger charge is 2.42. The molecule has 0 radical (unpaired) electrons. The van der Waals surface area contributed by atoms with Crippen LogP contribution < -0.4 is 15.6 Å². The number of likely N-dealkylation sites (N-methyl/N-ethyl adjacent to an activating group) is 1. The number of rotatable bonds is 7. The number of fused-ring (bicyclic) bond motifs is 6. The summed E-state index contributed by atoms with van der Waals surface area (Å²) in [6.45, 7) is 12.0. The van der Waals surface area contributed by atoms with Gasteiger partial charge in [0.2, 0.25) is 5.91 Å². The molecule has 2 saturated heterocycles. The van der Waals surface area contributed by atoms with Gasteiger partial charge in [-0.15, -0.1) is 11.3 Å². The van der Waals surface area contributed by atoms with Crippen molar-refractivity contribution in [3.05, 3.63) is 52.6 Å². The van der Waals surface area contributed by atoms with Crippen LogP contribution in [0.15, 0.2) is 42.0 Å². The van der Waals surface area contributed by atoms with Gasteiger partial charge in [-0.1, -0.05) is 26.8 Å². The van der Waals surface area contributed by atoms with Crippen molar-refractivity contribution in [2.75, 3.05) is 65.0 Å². The molecule has 6 heterocycles. The largest absolute Gasteiger partial charge is 0.464 e. The zero-order chi connectivity index (χ0) is 39.1. The molecule has 18 heteroatoms. The molecule has 0 spiro atoms. The number of carbonyl (C=O) groups is 3. The first-order valence-corrected chi connectivity index (χ1v) is 20.9. The molecule has 0 unspecified atom stereocenters. The summed E-state index contributed by atoms with van der Waals surface area (Å²) in [5.74, 6) is -0.558. The predicted octanol–water partition coefficient (Wildman–Crippen LogP) is 4.98. The van der Waals surface area contributed by atoms with E-state index in [4.69, 9.17) is 19.4 Å². The van der Waals surface area contributed by atoms with E-state index in [2.05, 4.69) is 70.3 Å². The minimum Gasteiger partial charge on any atom is -0.464 e. The predicted molar refractivity (Wildman–Crippen MR) is 259 cm³/mol. The van der Waals surface area contributed by atoms with Crippen molar-refractivity contribution in [1.82, 2.24) is 35.2 Å². The molecule has 13 nitrogen and oxygen atoms in total. The normalized spacial score (nSPS) is 22.9. The van der Waals surface area contributed by atoms with Gasteiger partial charge in [-0.25, -0.2) is 10.4 Å². The summed E-state index contributed by atoms with van der Waals surface area (Å²) in [4.78, 5) is 55.6. The molecular weight excluding hydrogens is 857 g/mol. The second-order valence-electron chi connectivity index (χ2n) is 16.9. The highest BCUT2D eigenvalue weighted by atomic mass is 32.1. The number of hydrogen-bond donors (Lipinski definition) is 2. The van der Waals surface area contributed by atoms with Crippen LogP contribution in [0.1, 0.15) is 50.6 Å². The van der Waals surface area contributed by atoms with E-state index >= 15 is 0 Å². The molecule has 60 heavy (non-hydrogen) atoms. The van der Waals surface area contributed by atoms with Crippen LogP contribution in [0.3, 0.4) is 0 Å². The van der Waals surface area contributed by atoms with Gasteiger partial charge in [-0.2, -0.15) is 54.0 Å². The van der Waals surface area contributed by atoms with Gasteiger partial charge in [-0.05, 0) is 62.4 Å². The SMILES string of the molecule is COCCn1c(-c2cncc(N3CCN(C)CC3)c2)c2c3cc(ccc31)-c1csc(n1)C[C@H](NC(=O)[C@H]1C[C@@H]1C)C(=O)N1CCC[C@H](N1)C(=O)OCC(C)(C)C2.S.S.S.S. The number of esters is 1. The van der Waals surface area contributed by atoms with Crippen molar-refractivity contribution in [2.45, 2.75) is 71.5 Å². The lowest BCUT2D eigenvalue weighted by Gasteiger charge is -2.35. The molecule has 3 aromatic heterocycles. The molecule has 330 valence electrons. The number of benzene rings is 1. The average molecular weight is 919 g/mol. The number of piperazine rings is 1. The average Bonchev–Trinajstić information content (AvgIpc) is 3.62. The van der Waals surface area contributed by atoms with Gasteiger partial charge < -0.3 is 29.2 Å². The summed E-state index contributed by atoms with van der Waals surface area (Å²) < 4.78 is 14.1. The fraction of sp³-hybridized carbons (Fsp3) is 0.548. The third kappa shape index (κ3) is 10.8. The minimum atomic E-state index is -0.823. The number of nitrogens with one attached hydrogen (secondary N) is 2. The molecule has 4 aliphatic rings. The summed E-state index contributed by atoms with van der Waals surface area (Å²) in [5.41, 5.74) is 9.93. The number of hydrogen-bond acceptors (Lipinski definition) is 11. The Kier molecular flexibility index (Phi) is 17.3. The Hall–Kier alpha value is -2.97. The van der Waals surface area contributed by atoms with Crippen LogP contribution in [0.25, 0.3) is 33.4 Å². The van der Waals surface area contributed by atoms with Gasteiger partial charge in [0, 0.05) is 97.7 Å². The van der Waals surface area contributed by atoms with Crippen LogP contribution in [0, 0.1) is 17.3 Å². The lowest BCUT2D eigenvalue weighted by atomic mass is 9.84. The second-order valence-corrected chi connectivity index (χ2v) is 17.8. The van der Waals surface area contributed by atoms with E-state index in [1.54, 1.807) is 7.11 Å². The topological polar surface area (TPSA) is 134 Å². The van der Waals surface area contributed by atoms with E-state index < -0.39 is 17.5 Å². The Morgan fingerprint density at radius 2 is 1.80 bits per heavy atom. The summed E-state index contributed by atoms with van der Waals surface area (Å²) in [7, 11) is 3.89. The number of anilines is 1. The number of amides is 2. The van der Waals surface area contributed by atoms with Crippen molar-refractivity contribution >= 4 is 99.7 Å². The first-order valence-electron chi connectivity index (χ1n) is 20.0. The zero-order valence-corrected chi connectivity index (χ0v) is 40.0. The molecule has 3 fully saturated rings. The smallest absolute Gasteiger partial charge is 0.324 e. The van der Waals surface area contributed by atoms with E-state index in [1.807, 2.05) is 24.7 Å². The molecule has 1 aromatic carbocycles. The number of nitrogens with zero attached hydrogens (tertiary/aromatic N) is 6. The Morgan fingerprint density at radius 1 is 1.05 bits per heavy atom. The highest BCUT2D eigenvalue weighted by molar-refractivity contribution is 7.59. The quantitative estimate of drug-likeness (QED) is 0.245. The maximum absolute atomic E-state index is 14.1. The van der Waals surface area contributed by atoms with Crippen LogP contribution in [0.5, 0.6) is 0 Å². The van der Waals surface area contributed by atoms with E-state index in [-0.39, 0.29) is 90.7 Å². The van der Waals surface area contributed by atoms with Crippen LogP contribution in [-0.4, -0.2) is 114 Å². The molecule has 6 bridgehead atoms. The zero-order valence-electron chi connectivity index (χ0n) is 35.2. The molecule has 4 atom stereocenters. The van der Waals surface area contributed by atoms with Crippen LogP contribution in [-0.2, 0) is 43.2 Å². The maximum atomic E-state index is 14.1. The third-order valence-corrected chi connectivity index (χ3v) is 12.7. The van der Waals surface area contributed by atoms with E-state index in [0.29, 0.717) is 44.9 Å².